The Hall–Kier alpha value is -1.77. The van der Waals surface area contributed by atoms with Gasteiger partial charge in [-0.15, -0.1) is 11.3 Å². The summed E-state index contributed by atoms with van der Waals surface area (Å²) < 4.78 is 41.3. The van der Waals surface area contributed by atoms with Gasteiger partial charge in [-0.3, -0.25) is 4.40 Å². The Morgan fingerprint density at radius 3 is 2.71 bits per heavy atom. The van der Waals surface area contributed by atoms with Gasteiger partial charge in [0.15, 0.2) is 4.96 Å². The fourth-order valence-corrected chi connectivity index (χ4v) is 3.76. The first-order valence-corrected chi connectivity index (χ1v) is 8.49. The first-order valence-electron chi connectivity index (χ1n) is 6.13. The molecule has 0 bridgehead atoms. The number of sulfonamides is 1. The number of nitrogens with one attached hydrogen (secondary N) is 1. The Morgan fingerprint density at radius 1 is 1.33 bits per heavy atom. The molecule has 110 valence electrons. The highest BCUT2D eigenvalue weighted by Gasteiger charge is 2.15. The molecule has 8 heteroatoms. The van der Waals surface area contributed by atoms with E-state index in [9.17, 15) is 12.8 Å². The summed E-state index contributed by atoms with van der Waals surface area (Å²) in [5.41, 5.74) is 1.69. The molecule has 1 N–H and O–H groups in total. The number of thiazole rings is 1. The summed E-state index contributed by atoms with van der Waals surface area (Å²) in [6.07, 6.45) is 1.80. The molecule has 0 aliphatic rings. The molecule has 0 spiro atoms. The van der Waals surface area contributed by atoms with Crippen LogP contribution in [-0.2, 0) is 16.6 Å². The van der Waals surface area contributed by atoms with Crippen molar-refractivity contribution in [2.75, 3.05) is 0 Å². The van der Waals surface area contributed by atoms with Crippen molar-refractivity contribution >= 4 is 26.3 Å². The van der Waals surface area contributed by atoms with Crippen LogP contribution >= 0.6 is 11.3 Å². The molecule has 0 amide bonds. The van der Waals surface area contributed by atoms with E-state index < -0.39 is 15.8 Å². The molecule has 0 aliphatic heterocycles. The summed E-state index contributed by atoms with van der Waals surface area (Å²) in [5.74, 6) is -0.473. The molecule has 1 aromatic carbocycles. The van der Waals surface area contributed by atoms with Crippen molar-refractivity contribution in [3.05, 3.63) is 53.0 Å². The van der Waals surface area contributed by atoms with Gasteiger partial charge in [0.1, 0.15) is 5.82 Å². The minimum atomic E-state index is -3.67. The van der Waals surface area contributed by atoms with Gasteiger partial charge >= 0.3 is 0 Å². The average molecular weight is 325 g/mol. The lowest BCUT2D eigenvalue weighted by molar-refractivity contribution is 0.579. The van der Waals surface area contributed by atoms with Crippen molar-refractivity contribution in [3.8, 4) is 0 Å². The summed E-state index contributed by atoms with van der Waals surface area (Å²) in [4.78, 5) is 5.19. The summed E-state index contributed by atoms with van der Waals surface area (Å²) in [7, 11) is -3.67. The van der Waals surface area contributed by atoms with Gasteiger partial charge < -0.3 is 0 Å². The van der Waals surface area contributed by atoms with Gasteiger partial charge in [-0.1, -0.05) is 0 Å². The smallest absolute Gasteiger partial charge is 0.240 e. The SMILES string of the molecule is Cc1csc2nc(CNS(=O)(=O)c3ccc(F)cc3)cn12. The Balaban J connectivity index is 1.78. The Morgan fingerprint density at radius 2 is 2.05 bits per heavy atom. The molecule has 0 unspecified atom stereocenters. The largest absolute Gasteiger partial charge is 0.295 e. The van der Waals surface area contributed by atoms with Crippen molar-refractivity contribution < 1.29 is 12.8 Å². The number of aryl methyl sites for hydroxylation is 1. The number of imidazole rings is 1. The highest BCUT2D eigenvalue weighted by Crippen LogP contribution is 2.16. The number of halogens is 1. The standard InChI is InChI=1S/C13H12FN3O2S2/c1-9-8-20-13-16-11(7-17(9)13)6-15-21(18,19)12-4-2-10(14)3-5-12/h2-5,7-8,15H,6H2,1H3. The summed E-state index contributed by atoms with van der Waals surface area (Å²) in [6.45, 7) is 2.05. The van der Waals surface area contributed by atoms with E-state index in [0.717, 1.165) is 22.8 Å². The number of benzene rings is 1. The van der Waals surface area contributed by atoms with Crippen LogP contribution in [0.3, 0.4) is 0 Å². The fraction of sp³-hybridized carbons (Fsp3) is 0.154. The summed E-state index contributed by atoms with van der Waals surface area (Å²) in [5, 5.41) is 1.98. The third kappa shape index (κ3) is 2.82. The molecule has 0 radical (unpaired) electrons. The van der Waals surface area contributed by atoms with Crippen molar-refractivity contribution in [1.29, 1.82) is 0 Å². The normalized spacial score (nSPS) is 12.1. The van der Waals surface area contributed by atoms with E-state index in [-0.39, 0.29) is 11.4 Å². The Bertz CT molecular complexity index is 882. The van der Waals surface area contributed by atoms with E-state index in [1.54, 1.807) is 6.20 Å². The molecule has 0 saturated carbocycles. The van der Waals surface area contributed by atoms with Crippen LogP contribution in [0.5, 0.6) is 0 Å². The topological polar surface area (TPSA) is 63.5 Å². The van der Waals surface area contributed by atoms with E-state index in [2.05, 4.69) is 9.71 Å². The zero-order valence-corrected chi connectivity index (χ0v) is 12.7. The molecule has 21 heavy (non-hydrogen) atoms. The van der Waals surface area contributed by atoms with Gasteiger partial charge in [-0.2, -0.15) is 0 Å². The van der Waals surface area contributed by atoms with Gasteiger partial charge in [-0.25, -0.2) is 22.5 Å². The second-order valence-corrected chi connectivity index (χ2v) is 7.14. The number of nitrogens with zero attached hydrogens (tertiary/aromatic N) is 2. The molecular weight excluding hydrogens is 313 g/mol. The van der Waals surface area contributed by atoms with Crippen molar-refractivity contribution in [2.45, 2.75) is 18.4 Å². The lowest BCUT2D eigenvalue weighted by atomic mass is 10.4. The zero-order chi connectivity index (χ0) is 15.0. The molecule has 2 heterocycles. The molecular formula is C13H12FN3O2S2. The third-order valence-corrected chi connectivity index (χ3v) is 5.38. The maximum absolute atomic E-state index is 12.8. The minimum Gasteiger partial charge on any atom is -0.295 e. The van der Waals surface area contributed by atoms with E-state index in [4.69, 9.17) is 0 Å². The molecule has 0 saturated heterocycles. The second kappa shape index (κ2) is 5.21. The predicted molar refractivity (Wildman–Crippen MR) is 78.2 cm³/mol. The van der Waals surface area contributed by atoms with Gasteiger partial charge in [0.05, 0.1) is 17.1 Å². The van der Waals surface area contributed by atoms with Crippen molar-refractivity contribution in [2.24, 2.45) is 0 Å². The van der Waals surface area contributed by atoms with E-state index >= 15 is 0 Å². The average Bonchev–Trinajstić information content (AvgIpc) is 3.00. The summed E-state index contributed by atoms with van der Waals surface area (Å²) in [6, 6.07) is 4.69. The second-order valence-electron chi connectivity index (χ2n) is 4.54. The number of aromatic nitrogens is 2. The Labute approximate surface area is 125 Å². The van der Waals surface area contributed by atoms with Crippen LogP contribution in [0.15, 0.2) is 40.7 Å². The van der Waals surface area contributed by atoms with Crippen LogP contribution in [-0.4, -0.2) is 17.8 Å². The lowest BCUT2D eigenvalue weighted by Gasteiger charge is -2.04. The van der Waals surface area contributed by atoms with Crippen LogP contribution < -0.4 is 4.72 Å². The number of hydrogen-bond donors (Lipinski definition) is 1. The van der Waals surface area contributed by atoms with Crippen LogP contribution in [0.4, 0.5) is 4.39 Å². The monoisotopic (exact) mass is 325 g/mol. The molecule has 3 rings (SSSR count). The van der Waals surface area contributed by atoms with E-state index in [0.29, 0.717) is 5.69 Å². The lowest BCUT2D eigenvalue weighted by Crippen LogP contribution is -2.23. The van der Waals surface area contributed by atoms with Crippen LogP contribution in [0.1, 0.15) is 11.4 Å². The molecule has 2 aromatic heterocycles. The van der Waals surface area contributed by atoms with Gasteiger partial charge in [0.25, 0.3) is 0 Å². The molecule has 3 aromatic rings. The number of rotatable bonds is 4. The number of fused-ring (bicyclic) bond motifs is 1. The molecule has 0 fully saturated rings. The Kier molecular flexibility index (Phi) is 3.52. The minimum absolute atomic E-state index is 0.0288. The van der Waals surface area contributed by atoms with Gasteiger partial charge in [-0.05, 0) is 31.2 Å². The van der Waals surface area contributed by atoms with Crippen molar-refractivity contribution in [1.82, 2.24) is 14.1 Å². The fourth-order valence-electron chi connectivity index (χ4n) is 1.89. The van der Waals surface area contributed by atoms with Gasteiger partial charge in [0, 0.05) is 17.3 Å². The van der Waals surface area contributed by atoms with Crippen LogP contribution in [0, 0.1) is 12.7 Å². The molecule has 0 atom stereocenters. The third-order valence-electron chi connectivity index (χ3n) is 3.01. The van der Waals surface area contributed by atoms with Crippen molar-refractivity contribution in [3.63, 3.8) is 0 Å². The molecule has 0 aliphatic carbocycles. The highest BCUT2D eigenvalue weighted by molar-refractivity contribution is 7.89. The highest BCUT2D eigenvalue weighted by atomic mass is 32.2. The van der Waals surface area contributed by atoms with E-state index in [1.165, 1.54) is 23.5 Å². The number of hydrogen-bond acceptors (Lipinski definition) is 4. The van der Waals surface area contributed by atoms with Crippen LogP contribution in [0.2, 0.25) is 0 Å². The molecule has 5 nitrogen and oxygen atoms in total. The quantitative estimate of drug-likeness (QED) is 0.801. The first kappa shape index (κ1) is 14.2. The van der Waals surface area contributed by atoms with Crippen LogP contribution in [0.25, 0.3) is 4.96 Å². The predicted octanol–water partition coefficient (Wildman–Crippen LogP) is 2.32. The van der Waals surface area contributed by atoms with E-state index in [1.807, 2.05) is 16.7 Å². The zero-order valence-electron chi connectivity index (χ0n) is 11.1. The van der Waals surface area contributed by atoms with Gasteiger partial charge in [0.2, 0.25) is 10.0 Å². The summed E-state index contributed by atoms with van der Waals surface area (Å²) >= 11 is 1.50. The first-order chi connectivity index (χ1) is 9.95. The maximum Gasteiger partial charge on any atom is 0.240 e. The maximum atomic E-state index is 12.8.